The number of aliphatic hydroxyl groups is 1. The summed E-state index contributed by atoms with van der Waals surface area (Å²) in [5.74, 6) is -0.400. The van der Waals surface area contributed by atoms with E-state index in [1.165, 1.54) is 6.07 Å². The number of aliphatic hydroxyl groups excluding tert-OH is 1. The van der Waals surface area contributed by atoms with Crippen molar-refractivity contribution in [3.63, 3.8) is 0 Å². The Labute approximate surface area is 112 Å². The summed E-state index contributed by atoms with van der Waals surface area (Å²) in [7, 11) is 0. The van der Waals surface area contributed by atoms with E-state index in [1.807, 2.05) is 0 Å². The van der Waals surface area contributed by atoms with Gasteiger partial charge < -0.3 is 10.4 Å². The maximum absolute atomic E-state index is 13.2. The van der Waals surface area contributed by atoms with E-state index in [0.29, 0.717) is 6.42 Å². The second-order valence-electron chi connectivity index (χ2n) is 4.49. The third kappa shape index (κ3) is 3.20. The van der Waals surface area contributed by atoms with Crippen LogP contribution in [0.25, 0.3) is 0 Å². The average molecular weight is 273 g/mol. The average Bonchev–Trinajstić information content (AvgIpc) is 2.40. The maximum atomic E-state index is 13.2. The third-order valence-corrected chi connectivity index (χ3v) is 3.61. The topological polar surface area (TPSA) is 35.5 Å². The summed E-state index contributed by atoms with van der Waals surface area (Å²) >= 11 is 5.83. The fourth-order valence-electron chi connectivity index (χ4n) is 2.40. The molecule has 1 aromatic carbocycles. The third-order valence-electron chi connectivity index (χ3n) is 3.32. The lowest BCUT2D eigenvalue weighted by Crippen LogP contribution is -2.45. The van der Waals surface area contributed by atoms with Crippen LogP contribution in [-0.4, -0.2) is 42.8 Å². The smallest absolute Gasteiger partial charge is 0.141 e. The van der Waals surface area contributed by atoms with E-state index in [0.717, 1.165) is 31.7 Å². The van der Waals surface area contributed by atoms with Gasteiger partial charge in [0.05, 0.1) is 5.02 Å². The number of benzene rings is 1. The summed E-state index contributed by atoms with van der Waals surface area (Å²) in [6, 6.07) is 4.92. The number of piperazine rings is 1. The van der Waals surface area contributed by atoms with Gasteiger partial charge in [0.25, 0.3) is 0 Å². The molecule has 0 spiro atoms. The summed E-state index contributed by atoms with van der Waals surface area (Å²) in [5, 5.41) is 12.6. The minimum Gasteiger partial charge on any atom is -0.396 e. The van der Waals surface area contributed by atoms with Crippen molar-refractivity contribution in [1.29, 1.82) is 0 Å². The lowest BCUT2D eigenvalue weighted by Gasteiger charge is -2.35. The van der Waals surface area contributed by atoms with Gasteiger partial charge in [0.15, 0.2) is 0 Å². The van der Waals surface area contributed by atoms with E-state index in [2.05, 4.69) is 10.2 Å². The van der Waals surface area contributed by atoms with Gasteiger partial charge in [0.2, 0.25) is 0 Å². The van der Waals surface area contributed by atoms with Gasteiger partial charge in [0, 0.05) is 38.8 Å². The molecule has 2 rings (SSSR count). The zero-order valence-electron chi connectivity index (χ0n) is 10.2. The van der Waals surface area contributed by atoms with Crippen molar-refractivity contribution in [1.82, 2.24) is 10.2 Å². The first-order valence-corrected chi connectivity index (χ1v) is 6.60. The van der Waals surface area contributed by atoms with Crippen LogP contribution in [0, 0.1) is 5.82 Å². The lowest BCUT2D eigenvalue weighted by molar-refractivity contribution is 0.141. The van der Waals surface area contributed by atoms with Crippen molar-refractivity contribution in [2.75, 3.05) is 32.8 Å². The Morgan fingerprint density at radius 3 is 2.72 bits per heavy atom. The van der Waals surface area contributed by atoms with E-state index in [-0.39, 0.29) is 17.7 Å². The second kappa shape index (κ2) is 6.48. The Kier molecular flexibility index (Phi) is 4.95. The molecule has 1 aromatic rings. The van der Waals surface area contributed by atoms with Crippen LogP contribution in [0.5, 0.6) is 0 Å². The van der Waals surface area contributed by atoms with Crippen LogP contribution < -0.4 is 5.32 Å². The molecule has 0 aromatic heterocycles. The molecular formula is C13H18ClFN2O. The zero-order chi connectivity index (χ0) is 13.0. The molecule has 1 heterocycles. The Morgan fingerprint density at radius 1 is 1.39 bits per heavy atom. The Morgan fingerprint density at radius 2 is 2.11 bits per heavy atom. The minimum atomic E-state index is -0.400. The highest BCUT2D eigenvalue weighted by Crippen LogP contribution is 2.27. The molecule has 0 saturated carbocycles. The van der Waals surface area contributed by atoms with Crippen LogP contribution in [0.1, 0.15) is 18.0 Å². The van der Waals surface area contributed by atoms with E-state index < -0.39 is 5.82 Å². The second-order valence-corrected chi connectivity index (χ2v) is 4.89. The van der Waals surface area contributed by atoms with Crippen LogP contribution in [0.15, 0.2) is 18.2 Å². The molecule has 0 bridgehead atoms. The van der Waals surface area contributed by atoms with Gasteiger partial charge in [-0.05, 0) is 24.1 Å². The van der Waals surface area contributed by atoms with Crippen LogP contribution in [-0.2, 0) is 0 Å². The molecule has 100 valence electrons. The molecule has 1 saturated heterocycles. The molecule has 0 unspecified atom stereocenters. The van der Waals surface area contributed by atoms with Crippen molar-refractivity contribution in [3.8, 4) is 0 Å². The number of hydrogen-bond acceptors (Lipinski definition) is 3. The molecule has 5 heteroatoms. The number of nitrogens with one attached hydrogen (secondary N) is 1. The number of hydrogen-bond donors (Lipinski definition) is 2. The van der Waals surface area contributed by atoms with Gasteiger partial charge >= 0.3 is 0 Å². The summed E-state index contributed by atoms with van der Waals surface area (Å²) in [4.78, 5) is 2.30. The largest absolute Gasteiger partial charge is 0.396 e. The summed E-state index contributed by atoms with van der Waals surface area (Å²) in [6.45, 7) is 3.86. The Hall–Kier alpha value is -0.680. The van der Waals surface area contributed by atoms with Gasteiger partial charge in [-0.3, -0.25) is 4.90 Å². The Bertz CT molecular complexity index is 397. The van der Waals surface area contributed by atoms with E-state index in [4.69, 9.17) is 11.6 Å². The molecule has 0 aliphatic carbocycles. The van der Waals surface area contributed by atoms with Gasteiger partial charge in [-0.2, -0.15) is 0 Å². The van der Waals surface area contributed by atoms with Crippen molar-refractivity contribution < 1.29 is 9.50 Å². The monoisotopic (exact) mass is 272 g/mol. The predicted molar refractivity (Wildman–Crippen MR) is 70.3 cm³/mol. The fraction of sp³-hybridized carbons (Fsp3) is 0.538. The molecule has 3 nitrogen and oxygen atoms in total. The summed E-state index contributed by atoms with van der Waals surface area (Å²) in [6.07, 6.45) is 0.641. The first kappa shape index (κ1) is 13.7. The minimum absolute atomic E-state index is 0.107. The number of rotatable bonds is 4. The molecule has 0 radical (unpaired) electrons. The van der Waals surface area contributed by atoms with Gasteiger partial charge in [0.1, 0.15) is 5.82 Å². The van der Waals surface area contributed by atoms with Gasteiger partial charge in [-0.25, -0.2) is 4.39 Å². The highest BCUT2D eigenvalue weighted by atomic mass is 35.5. The highest BCUT2D eigenvalue weighted by molar-refractivity contribution is 6.30. The van der Waals surface area contributed by atoms with Crippen LogP contribution in [0.3, 0.4) is 0 Å². The van der Waals surface area contributed by atoms with Crippen molar-refractivity contribution in [3.05, 3.63) is 34.6 Å². The first-order valence-electron chi connectivity index (χ1n) is 6.23. The van der Waals surface area contributed by atoms with Crippen molar-refractivity contribution >= 4 is 11.6 Å². The lowest BCUT2D eigenvalue weighted by atomic mass is 10.0. The van der Waals surface area contributed by atoms with Gasteiger partial charge in [-0.15, -0.1) is 0 Å². The molecule has 1 atom stereocenters. The van der Waals surface area contributed by atoms with E-state index in [1.54, 1.807) is 12.1 Å². The molecule has 18 heavy (non-hydrogen) atoms. The number of nitrogens with zero attached hydrogens (tertiary/aromatic N) is 1. The SMILES string of the molecule is OCC[C@H](c1ccc(F)c(Cl)c1)N1CCNCC1. The molecule has 1 aliphatic rings. The van der Waals surface area contributed by atoms with Crippen molar-refractivity contribution in [2.24, 2.45) is 0 Å². The fourth-order valence-corrected chi connectivity index (χ4v) is 2.58. The molecular weight excluding hydrogens is 255 g/mol. The number of halogens is 2. The summed E-state index contributed by atoms with van der Waals surface area (Å²) in [5.41, 5.74) is 0.970. The standard InChI is InChI=1S/C13H18ClFN2O/c14-11-9-10(1-2-12(11)15)13(3-8-18)17-6-4-16-5-7-17/h1-2,9,13,16,18H,3-8H2/t13-/m1/s1. The normalized spacial score (nSPS) is 18.8. The van der Waals surface area contributed by atoms with Crippen LogP contribution in [0.2, 0.25) is 5.02 Å². The quantitative estimate of drug-likeness (QED) is 0.878. The van der Waals surface area contributed by atoms with E-state index in [9.17, 15) is 9.50 Å². The molecule has 1 aliphatic heterocycles. The summed E-state index contributed by atoms with van der Waals surface area (Å²) < 4.78 is 13.2. The van der Waals surface area contributed by atoms with Gasteiger partial charge in [-0.1, -0.05) is 17.7 Å². The predicted octanol–water partition coefficient (Wildman–Crippen LogP) is 1.81. The Balaban J connectivity index is 2.19. The van der Waals surface area contributed by atoms with E-state index >= 15 is 0 Å². The maximum Gasteiger partial charge on any atom is 0.141 e. The zero-order valence-corrected chi connectivity index (χ0v) is 11.0. The molecule has 1 fully saturated rings. The van der Waals surface area contributed by atoms with Crippen LogP contribution >= 0.6 is 11.6 Å². The highest BCUT2D eigenvalue weighted by Gasteiger charge is 2.22. The molecule has 0 amide bonds. The first-order chi connectivity index (χ1) is 8.72. The van der Waals surface area contributed by atoms with Crippen molar-refractivity contribution in [2.45, 2.75) is 12.5 Å². The molecule has 2 N–H and O–H groups in total. The van der Waals surface area contributed by atoms with Crippen LogP contribution in [0.4, 0.5) is 4.39 Å².